The van der Waals surface area contributed by atoms with E-state index in [1.165, 1.54) is 24.3 Å². The average molecular weight is 422 g/mol. The number of anilines is 1. The van der Waals surface area contributed by atoms with Crippen molar-refractivity contribution in [3.8, 4) is 0 Å². The van der Waals surface area contributed by atoms with Crippen molar-refractivity contribution >= 4 is 34.9 Å². The molecule has 8 nitrogen and oxygen atoms in total. The first-order valence-corrected chi connectivity index (χ1v) is 9.12. The predicted molar refractivity (Wildman–Crippen MR) is 104 cm³/mol. The molecule has 0 radical (unpaired) electrons. The topological polar surface area (TPSA) is 93.0 Å². The zero-order valence-electron chi connectivity index (χ0n) is 15.2. The van der Waals surface area contributed by atoms with Crippen LogP contribution in [0.15, 0.2) is 42.5 Å². The molecule has 1 amide bonds. The molecule has 29 heavy (non-hydrogen) atoms. The van der Waals surface area contributed by atoms with Crippen molar-refractivity contribution in [2.75, 3.05) is 37.7 Å². The average Bonchev–Trinajstić information content (AvgIpc) is 2.72. The van der Waals surface area contributed by atoms with Crippen molar-refractivity contribution in [2.45, 2.75) is 0 Å². The summed E-state index contributed by atoms with van der Waals surface area (Å²) in [6.07, 6.45) is 0. The molecular formula is C19H17ClFN3O5. The number of hydrogen-bond acceptors (Lipinski definition) is 6. The number of halogens is 2. The quantitative estimate of drug-likeness (QED) is 0.418. The Morgan fingerprint density at radius 2 is 1.76 bits per heavy atom. The van der Waals surface area contributed by atoms with Gasteiger partial charge in [-0.1, -0.05) is 11.6 Å². The second-order valence-electron chi connectivity index (χ2n) is 6.34. The largest absolute Gasteiger partial charge is 0.452 e. The van der Waals surface area contributed by atoms with Gasteiger partial charge in [0.2, 0.25) is 0 Å². The highest BCUT2D eigenvalue weighted by Crippen LogP contribution is 2.25. The summed E-state index contributed by atoms with van der Waals surface area (Å²) in [4.78, 5) is 38.2. The molecule has 1 saturated heterocycles. The van der Waals surface area contributed by atoms with Gasteiger partial charge in [-0.25, -0.2) is 9.18 Å². The second kappa shape index (κ2) is 8.87. The van der Waals surface area contributed by atoms with Crippen LogP contribution in [0.25, 0.3) is 0 Å². The standard InChI is InChI=1S/C19H17ClFN3O5/c20-16-6-1-13(11-17(16)24(27)28)19(26)29-12-18(25)23-9-7-22(8-10-23)15-4-2-14(21)3-5-15/h1-6,11H,7-10,12H2. The summed E-state index contributed by atoms with van der Waals surface area (Å²) < 4.78 is 18.0. The molecule has 0 bridgehead atoms. The highest BCUT2D eigenvalue weighted by atomic mass is 35.5. The third-order valence-corrected chi connectivity index (χ3v) is 4.85. The first kappa shape index (κ1) is 20.5. The molecule has 0 aromatic heterocycles. The molecule has 0 saturated carbocycles. The maximum atomic E-state index is 13.0. The molecule has 1 aliphatic rings. The number of esters is 1. The van der Waals surface area contributed by atoms with E-state index in [0.29, 0.717) is 26.2 Å². The molecule has 0 N–H and O–H groups in total. The molecule has 0 spiro atoms. The lowest BCUT2D eigenvalue weighted by atomic mass is 10.2. The Labute approximate surface area is 170 Å². The van der Waals surface area contributed by atoms with Crippen LogP contribution in [0, 0.1) is 15.9 Å². The summed E-state index contributed by atoms with van der Waals surface area (Å²) in [6, 6.07) is 9.66. The van der Waals surface area contributed by atoms with Crippen LogP contribution in [0.4, 0.5) is 15.8 Å². The highest BCUT2D eigenvalue weighted by Gasteiger charge is 2.23. The minimum atomic E-state index is -0.844. The van der Waals surface area contributed by atoms with Crippen molar-refractivity contribution in [1.82, 2.24) is 4.90 Å². The van der Waals surface area contributed by atoms with Crippen LogP contribution in [-0.4, -0.2) is 54.5 Å². The lowest BCUT2D eigenvalue weighted by molar-refractivity contribution is -0.384. The smallest absolute Gasteiger partial charge is 0.338 e. The fourth-order valence-electron chi connectivity index (χ4n) is 2.95. The lowest BCUT2D eigenvalue weighted by Gasteiger charge is -2.36. The summed E-state index contributed by atoms with van der Waals surface area (Å²) in [5.74, 6) is -1.51. The zero-order valence-corrected chi connectivity index (χ0v) is 16.0. The normalized spacial score (nSPS) is 13.9. The van der Waals surface area contributed by atoms with E-state index in [1.54, 1.807) is 17.0 Å². The zero-order chi connectivity index (χ0) is 21.0. The number of piperazine rings is 1. The number of nitrogens with zero attached hydrogens (tertiary/aromatic N) is 3. The lowest BCUT2D eigenvalue weighted by Crippen LogP contribution is -2.49. The molecule has 152 valence electrons. The van der Waals surface area contributed by atoms with Crippen LogP contribution < -0.4 is 4.90 Å². The van der Waals surface area contributed by atoms with Crippen molar-refractivity contribution in [3.05, 3.63) is 69.0 Å². The van der Waals surface area contributed by atoms with Crippen LogP contribution >= 0.6 is 11.6 Å². The van der Waals surface area contributed by atoms with Crippen molar-refractivity contribution in [3.63, 3.8) is 0 Å². The van der Waals surface area contributed by atoms with Gasteiger partial charge in [0, 0.05) is 37.9 Å². The van der Waals surface area contributed by atoms with Gasteiger partial charge in [0.25, 0.3) is 11.6 Å². The highest BCUT2D eigenvalue weighted by molar-refractivity contribution is 6.32. The predicted octanol–water partition coefficient (Wildman–Crippen LogP) is 2.89. The first-order chi connectivity index (χ1) is 13.8. The van der Waals surface area contributed by atoms with Crippen molar-refractivity contribution < 1.29 is 23.6 Å². The maximum absolute atomic E-state index is 13.0. The van der Waals surface area contributed by atoms with Crippen LogP contribution in [0.3, 0.4) is 0 Å². The summed E-state index contributed by atoms with van der Waals surface area (Å²) in [5.41, 5.74) is 0.397. The first-order valence-electron chi connectivity index (χ1n) is 8.74. The number of benzene rings is 2. The molecule has 0 aliphatic carbocycles. The fourth-order valence-corrected chi connectivity index (χ4v) is 3.13. The minimum Gasteiger partial charge on any atom is -0.452 e. The Kier molecular flexibility index (Phi) is 6.28. The van der Waals surface area contributed by atoms with Gasteiger partial charge in [0.05, 0.1) is 10.5 Å². The van der Waals surface area contributed by atoms with E-state index in [0.717, 1.165) is 11.8 Å². The summed E-state index contributed by atoms with van der Waals surface area (Å²) in [5, 5.41) is 10.8. The van der Waals surface area contributed by atoms with Crippen LogP contribution in [0.5, 0.6) is 0 Å². The van der Waals surface area contributed by atoms with Gasteiger partial charge in [-0.05, 0) is 36.4 Å². The maximum Gasteiger partial charge on any atom is 0.338 e. The van der Waals surface area contributed by atoms with E-state index in [-0.39, 0.29) is 22.3 Å². The number of hydrogen-bond donors (Lipinski definition) is 0. The summed E-state index contributed by atoms with van der Waals surface area (Å²) in [6.45, 7) is 1.52. The molecule has 0 atom stereocenters. The van der Waals surface area contributed by atoms with Gasteiger partial charge in [0.15, 0.2) is 6.61 Å². The monoisotopic (exact) mass is 421 g/mol. The third-order valence-electron chi connectivity index (χ3n) is 4.53. The van der Waals surface area contributed by atoms with Gasteiger partial charge < -0.3 is 14.5 Å². The SMILES string of the molecule is O=C(OCC(=O)N1CCN(c2ccc(F)cc2)CC1)c1ccc(Cl)c([N+](=O)[O-])c1. The molecule has 2 aromatic rings. The molecule has 1 heterocycles. The van der Waals surface area contributed by atoms with E-state index in [9.17, 15) is 24.1 Å². The van der Waals surface area contributed by atoms with Crippen molar-refractivity contribution in [2.24, 2.45) is 0 Å². The Morgan fingerprint density at radius 1 is 1.10 bits per heavy atom. The van der Waals surface area contributed by atoms with E-state index in [2.05, 4.69) is 0 Å². The number of carbonyl (C=O) groups is 2. The molecular weight excluding hydrogens is 405 g/mol. The van der Waals surface area contributed by atoms with Crippen molar-refractivity contribution in [1.29, 1.82) is 0 Å². The van der Waals surface area contributed by atoms with E-state index < -0.39 is 23.2 Å². The van der Waals surface area contributed by atoms with Crippen LogP contribution in [0.2, 0.25) is 5.02 Å². The number of ether oxygens (including phenoxy) is 1. The third kappa shape index (κ3) is 5.00. The summed E-state index contributed by atoms with van der Waals surface area (Å²) in [7, 11) is 0. The molecule has 3 rings (SSSR count). The molecule has 2 aromatic carbocycles. The number of amides is 1. The molecule has 0 unspecified atom stereocenters. The number of rotatable bonds is 5. The van der Waals surface area contributed by atoms with E-state index in [1.807, 2.05) is 4.90 Å². The minimum absolute atomic E-state index is 0.0602. The Morgan fingerprint density at radius 3 is 2.38 bits per heavy atom. The Balaban J connectivity index is 1.51. The number of nitro groups is 1. The molecule has 10 heteroatoms. The van der Waals surface area contributed by atoms with Crippen LogP contribution in [-0.2, 0) is 9.53 Å². The van der Waals surface area contributed by atoms with Gasteiger partial charge in [-0.2, -0.15) is 0 Å². The van der Waals surface area contributed by atoms with Gasteiger partial charge in [-0.3, -0.25) is 14.9 Å². The van der Waals surface area contributed by atoms with Gasteiger partial charge in [-0.15, -0.1) is 0 Å². The van der Waals surface area contributed by atoms with Gasteiger partial charge in [0.1, 0.15) is 10.8 Å². The van der Waals surface area contributed by atoms with E-state index >= 15 is 0 Å². The van der Waals surface area contributed by atoms with Crippen LogP contribution in [0.1, 0.15) is 10.4 Å². The Bertz CT molecular complexity index is 930. The van der Waals surface area contributed by atoms with Gasteiger partial charge >= 0.3 is 5.97 Å². The number of nitro benzene ring substituents is 1. The second-order valence-corrected chi connectivity index (χ2v) is 6.75. The fraction of sp³-hybridized carbons (Fsp3) is 0.263. The van der Waals surface area contributed by atoms with E-state index in [4.69, 9.17) is 16.3 Å². The molecule has 1 aliphatic heterocycles. The number of carbonyl (C=O) groups excluding carboxylic acids is 2. The Hall–Kier alpha value is -3.20. The molecule has 1 fully saturated rings. The summed E-state index contributed by atoms with van der Waals surface area (Å²) >= 11 is 5.71.